The lowest BCUT2D eigenvalue weighted by atomic mass is 9.86. The highest BCUT2D eigenvalue weighted by Gasteiger charge is 2.41. The van der Waals surface area contributed by atoms with Crippen LogP contribution in [0.15, 0.2) is 0 Å². The minimum absolute atomic E-state index is 0.0405. The van der Waals surface area contributed by atoms with Crippen molar-refractivity contribution < 1.29 is 13.5 Å². The molecule has 4 nitrogen and oxygen atoms in total. The van der Waals surface area contributed by atoms with Crippen molar-refractivity contribution in [2.75, 3.05) is 18.9 Å². The zero-order valence-corrected chi connectivity index (χ0v) is 10.5. The first kappa shape index (κ1) is 12.3. The third-order valence-corrected chi connectivity index (χ3v) is 5.85. The third kappa shape index (κ3) is 2.41. The normalized spacial score (nSPS) is 31.6. The van der Waals surface area contributed by atoms with Crippen LogP contribution < -0.4 is 0 Å². The van der Waals surface area contributed by atoms with Gasteiger partial charge < -0.3 is 5.11 Å². The van der Waals surface area contributed by atoms with Crippen molar-refractivity contribution in [2.24, 2.45) is 5.92 Å². The van der Waals surface area contributed by atoms with Gasteiger partial charge in [-0.05, 0) is 31.6 Å². The molecule has 1 heterocycles. The first-order chi connectivity index (χ1) is 7.65. The van der Waals surface area contributed by atoms with Gasteiger partial charge in [0.25, 0.3) is 0 Å². The Morgan fingerprint density at radius 3 is 2.69 bits per heavy atom. The third-order valence-electron chi connectivity index (χ3n) is 3.88. The molecule has 2 unspecified atom stereocenters. The molecular weight excluding hydrogens is 226 g/mol. The van der Waals surface area contributed by atoms with Crippen LogP contribution in [0.1, 0.15) is 38.5 Å². The Morgan fingerprint density at radius 1 is 1.19 bits per heavy atom. The lowest BCUT2D eigenvalue weighted by molar-refractivity contribution is 0.258. The standard InChI is InChI=1S/C11H21NO3S/c13-8-3-9-16(14,15)12-7-6-10-4-1-2-5-11(10)12/h10-11,13H,1-9H2. The topological polar surface area (TPSA) is 57.6 Å². The van der Waals surface area contributed by atoms with Crippen LogP contribution in [0.3, 0.4) is 0 Å². The van der Waals surface area contributed by atoms with Gasteiger partial charge in [-0.2, -0.15) is 4.31 Å². The molecule has 0 aromatic rings. The van der Waals surface area contributed by atoms with Crippen molar-refractivity contribution in [2.45, 2.75) is 44.6 Å². The Balaban J connectivity index is 2.04. The number of aliphatic hydroxyl groups excluding tert-OH is 1. The van der Waals surface area contributed by atoms with Crippen LogP contribution in [-0.4, -0.2) is 42.8 Å². The van der Waals surface area contributed by atoms with E-state index in [0.717, 1.165) is 19.3 Å². The molecule has 0 amide bonds. The molecule has 5 heteroatoms. The molecule has 0 radical (unpaired) electrons. The van der Waals surface area contributed by atoms with Gasteiger partial charge in [0.1, 0.15) is 0 Å². The molecule has 1 aliphatic carbocycles. The fraction of sp³-hybridized carbons (Fsp3) is 1.00. The summed E-state index contributed by atoms with van der Waals surface area (Å²) in [6.45, 7) is 0.657. The summed E-state index contributed by atoms with van der Waals surface area (Å²) in [5.41, 5.74) is 0. The van der Waals surface area contributed by atoms with E-state index in [-0.39, 0.29) is 18.4 Å². The summed E-state index contributed by atoms with van der Waals surface area (Å²) in [6, 6.07) is 0.262. The predicted octanol–water partition coefficient (Wildman–Crippen LogP) is 0.963. The summed E-state index contributed by atoms with van der Waals surface area (Å²) in [6.07, 6.45) is 6.03. The molecule has 0 aromatic carbocycles. The zero-order valence-electron chi connectivity index (χ0n) is 9.64. The monoisotopic (exact) mass is 247 g/mol. The van der Waals surface area contributed by atoms with Gasteiger partial charge in [0.2, 0.25) is 10.0 Å². The van der Waals surface area contributed by atoms with E-state index in [1.807, 2.05) is 0 Å². The molecule has 2 aliphatic rings. The lowest BCUT2D eigenvalue weighted by Crippen LogP contribution is -2.40. The quantitative estimate of drug-likeness (QED) is 0.805. The smallest absolute Gasteiger partial charge is 0.214 e. The van der Waals surface area contributed by atoms with Crippen LogP contribution in [0.4, 0.5) is 0 Å². The van der Waals surface area contributed by atoms with Gasteiger partial charge in [0.05, 0.1) is 5.75 Å². The van der Waals surface area contributed by atoms with Gasteiger partial charge in [-0.15, -0.1) is 0 Å². The Morgan fingerprint density at radius 2 is 1.94 bits per heavy atom. The number of aliphatic hydroxyl groups is 1. The van der Waals surface area contributed by atoms with Crippen molar-refractivity contribution in [1.82, 2.24) is 4.31 Å². The van der Waals surface area contributed by atoms with E-state index in [1.165, 1.54) is 12.8 Å². The summed E-state index contributed by atoms with van der Waals surface area (Å²) < 4.78 is 25.8. The van der Waals surface area contributed by atoms with E-state index in [4.69, 9.17) is 5.11 Å². The number of rotatable bonds is 4. The van der Waals surface area contributed by atoms with Crippen LogP contribution >= 0.6 is 0 Å². The van der Waals surface area contributed by atoms with Gasteiger partial charge in [0.15, 0.2) is 0 Å². The molecule has 0 bridgehead atoms. The fourth-order valence-electron chi connectivity index (χ4n) is 3.07. The van der Waals surface area contributed by atoms with Crippen LogP contribution in [0, 0.1) is 5.92 Å². The minimum atomic E-state index is -3.12. The van der Waals surface area contributed by atoms with Crippen LogP contribution in [0.2, 0.25) is 0 Å². The maximum absolute atomic E-state index is 12.1. The van der Waals surface area contributed by atoms with Crippen molar-refractivity contribution >= 4 is 10.0 Å². The van der Waals surface area contributed by atoms with E-state index < -0.39 is 10.0 Å². The van der Waals surface area contributed by atoms with E-state index in [9.17, 15) is 8.42 Å². The number of hydrogen-bond donors (Lipinski definition) is 1. The van der Waals surface area contributed by atoms with Crippen LogP contribution in [0.25, 0.3) is 0 Å². The largest absolute Gasteiger partial charge is 0.396 e. The summed E-state index contributed by atoms with van der Waals surface area (Å²) in [7, 11) is -3.12. The molecule has 16 heavy (non-hydrogen) atoms. The summed E-state index contributed by atoms with van der Waals surface area (Å²) in [4.78, 5) is 0. The molecule has 1 N–H and O–H groups in total. The summed E-state index contributed by atoms with van der Waals surface area (Å²) >= 11 is 0. The second-order valence-corrected chi connectivity index (χ2v) is 6.95. The number of sulfonamides is 1. The van der Waals surface area contributed by atoms with Crippen molar-refractivity contribution in [3.63, 3.8) is 0 Å². The lowest BCUT2D eigenvalue weighted by Gasteiger charge is -2.30. The molecule has 2 fully saturated rings. The number of hydrogen-bond acceptors (Lipinski definition) is 3. The number of nitrogens with zero attached hydrogens (tertiary/aromatic N) is 1. The van der Waals surface area contributed by atoms with Crippen LogP contribution in [-0.2, 0) is 10.0 Å². The van der Waals surface area contributed by atoms with Gasteiger partial charge >= 0.3 is 0 Å². The Labute approximate surface area is 97.7 Å². The predicted molar refractivity (Wildman–Crippen MR) is 62.6 cm³/mol. The second-order valence-electron chi connectivity index (χ2n) is 4.90. The second kappa shape index (κ2) is 5.02. The number of fused-ring (bicyclic) bond motifs is 1. The zero-order chi connectivity index (χ0) is 11.6. The van der Waals surface area contributed by atoms with Crippen LogP contribution in [0.5, 0.6) is 0 Å². The molecule has 0 aromatic heterocycles. The Bertz CT molecular complexity index is 328. The van der Waals surface area contributed by atoms with E-state index in [0.29, 0.717) is 18.9 Å². The van der Waals surface area contributed by atoms with Gasteiger partial charge in [0, 0.05) is 19.2 Å². The van der Waals surface area contributed by atoms with E-state index in [1.54, 1.807) is 4.31 Å². The summed E-state index contributed by atoms with van der Waals surface area (Å²) in [5.74, 6) is 0.699. The fourth-order valence-corrected chi connectivity index (χ4v) is 4.87. The molecule has 2 atom stereocenters. The van der Waals surface area contributed by atoms with Gasteiger partial charge in [-0.25, -0.2) is 8.42 Å². The first-order valence-corrected chi connectivity index (χ1v) is 7.86. The van der Waals surface area contributed by atoms with E-state index in [2.05, 4.69) is 0 Å². The maximum atomic E-state index is 12.1. The molecule has 2 rings (SSSR count). The molecule has 1 saturated carbocycles. The van der Waals surface area contributed by atoms with Gasteiger partial charge in [-0.1, -0.05) is 12.8 Å². The highest BCUT2D eigenvalue weighted by Crippen LogP contribution is 2.37. The SMILES string of the molecule is O=S(=O)(CCCO)N1CCC2CCCCC21. The molecule has 1 saturated heterocycles. The van der Waals surface area contributed by atoms with Crippen molar-refractivity contribution in [3.8, 4) is 0 Å². The highest BCUT2D eigenvalue weighted by atomic mass is 32.2. The minimum Gasteiger partial charge on any atom is -0.396 e. The first-order valence-electron chi connectivity index (χ1n) is 6.25. The molecule has 0 spiro atoms. The molecule has 94 valence electrons. The summed E-state index contributed by atoms with van der Waals surface area (Å²) in [5, 5.41) is 8.72. The van der Waals surface area contributed by atoms with Crippen molar-refractivity contribution in [1.29, 1.82) is 0 Å². The average Bonchev–Trinajstić information content (AvgIpc) is 2.71. The Kier molecular flexibility index (Phi) is 3.87. The van der Waals surface area contributed by atoms with E-state index >= 15 is 0 Å². The van der Waals surface area contributed by atoms with Gasteiger partial charge in [-0.3, -0.25) is 0 Å². The molecular formula is C11H21NO3S. The maximum Gasteiger partial charge on any atom is 0.214 e. The van der Waals surface area contributed by atoms with Crippen molar-refractivity contribution in [3.05, 3.63) is 0 Å². The highest BCUT2D eigenvalue weighted by molar-refractivity contribution is 7.89. The molecule has 1 aliphatic heterocycles. The average molecular weight is 247 g/mol. The Hall–Kier alpha value is -0.130.